The van der Waals surface area contributed by atoms with Crippen molar-refractivity contribution in [3.63, 3.8) is 0 Å². The van der Waals surface area contributed by atoms with Gasteiger partial charge in [-0.3, -0.25) is 0 Å². The van der Waals surface area contributed by atoms with E-state index >= 15 is 0 Å². The van der Waals surface area contributed by atoms with Gasteiger partial charge in [0.2, 0.25) is 0 Å². The van der Waals surface area contributed by atoms with Gasteiger partial charge in [-0.05, 0) is 0 Å². The summed E-state index contributed by atoms with van der Waals surface area (Å²) in [6.07, 6.45) is 6.76. The molecular weight excluding hydrogens is 406 g/mol. The van der Waals surface area contributed by atoms with E-state index in [2.05, 4.69) is 20.7 Å². The number of hydrogen-bond acceptors (Lipinski definition) is 3. The van der Waals surface area contributed by atoms with Gasteiger partial charge in [-0.1, -0.05) is 11.6 Å². The van der Waals surface area contributed by atoms with Crippen molar-refractivity contribution in [1.29, 1.82) is 0 Å². The summed E-state index contributed by atoms with van der Waals surface area (Å²) in [6.45, 7) is 0. The molecule has 7 heteroatoms. The van der Waals surface area contributed by atoms with Gasteiger partial charge in [-0.15, -0.1) is 0 Å². The number of amides is 1. The van der Waals surface area contributed by atoms with Gasteiger partial charge in [0.05, 0.1) is 0 Å². The minimum atomic E-state index is -0.0485. The molecule has 0 saturated carbocycles. The van der Waals surface area contributed by atoms with Crippen LogP contribution in [0.4, 0.5) is 0 Å². The summed E-state index contributed by atoms with van der Waals surface area (Å²) in [7, 11) is 2.10. The molecule has 1 saturated heterocycles. The topological polar surface area (TPSA) is 41.5 Å². The Kier molecular flexibility index (Phi) is 8.12. The Balaban J connectivity index is 1.63. The van der Waals surface area contributed by atoms with Crippen LogP contribution in [-0.2, 0) is 4.79 Å². The van der Waals surface area contributed by atoms with Crippen molar-refractivity contribution < 1.29 is 4.79 Å². The molecule has 1 atom stereocenters. The summed E-state index contributed by atoms with van der Waals surface area (Å²) in [5.41, 5.74) is 3.27. The van der Waals surface area contributed by atoms with Gasteiger partial charge >= 0.3 is 135 Å². The van der Waals surface area contributed by atoms with Gasteiger partial charge in [-0.2, -0.15) is 0 Å². The summed E-state index contributed by atoms with van der Waals surface area (Å²) in [5.74, 6) is 1.28. The molecule has 1 aromatic carbocycles. The second-order valence-electron chi connectivity index (χ2n) is 5.03. The molecule has 22 heavy (non-hydrogen) atoms. The van der Waals surface area contributed by atoms with Crippen LogP contribution in [0.5, 0.6) is 0 Å². The fraction of sp³-hybridized carbons (Fsp3) is 0.467. The molecule has 2 rings (SSSR count). The van der Waals surface area contributed by atoms with Gasteiger partial charge in [0.1, 0.15) is 0 Å². The second kappa shape index (κ2) is 9.84. The first-order chi connectivity index (χ1) is 10.6. The van der Waals surface area contributed by atoms with Crippen LogP contribution in [0.1, 0.15) is 37.7 Å². The average Bonchev–Trinajstić information content (AvgIpc) is 2.99. The summed E-state index contributed by atoms with van der Waals surface area (Å²) in [4.78, 5) is 12.6. The van der Waals surface area contributed by atoms with Gasteiger partial charge in [0.15, 0.2) is 0 Å². The number of nitrogens with one attached hydrogen (secondary N) is 1. The van der Waals surface area contributed by atoms with E-state index in [0.29, 0.717) is 16.5 Å². The minimum absolute atomic E-state index is 0.0485. The summed E-state index contributed by atoms with van der Waals surface area (Å²) in [5, 5.41) is 5.03. The monoisotopic (exact) mass is 424 g/mol. The third kappa shape index (κ3) is 6.51. The quantitative estimate of drug-likeness (QED) is 0.302. The van der Waals surface area contributed by atoms with E-state index in [9.17, 15) is 4.79 Å². The summed E-state index contributed by atoms with van der Waals surface area (Å²) < 4.78 is 0. The van der Waals surface area contributed by atoms with E-state index in [1.807, 2.05) is 0 Å². The van der Waals surface area contributed by atoms with E-state index < -0.39 is 0 Å². The molecule has 0 bridgehead atoms. The van der Waals surface area contributed by atoms with Crippen LogP contribution >= 0.6 is 33.4 Å². The number of rotatable bonds is 7. The normalized spacial score (nSPS) is 18.0. The maximum absolute atomic E-state index is 11.7. The number of benzene rings is 1. The number of carbonyl (C=O) groups is 1. The number of nitrogens with zero attached hydrogens (tertiary/aromatic N) is 1. The fourth-order valence-corrected chi connectivity index (χ4v) is 7.94. The molecule has 0 spiro atoms. The maximum atomic E-state index is 11.7. The Hall–Kier alpha value is -0.191. The van der Waals surface area contributed by atoms with Crippen LogP contribution in [0.3, 0.4) is 0 Å². The number of hydrogen-bond donors (Lipinski definition) is 1. The molecule has 1 fully saturated rings. The Morgan fingerprint density at radius 3 is 3.05 bits per heavy atom. The molecule has 1 aliphatic heterocycles. The SMILES string of the molecule is O=C(CCCCC1CCS[Se]1)N/N=C/c1ccc(Cl)cc1Cl. The van der Waals surface area contributed by atoms with Crippen LogP contribution in [-0.4, -0.2) is 31.7 Å². The van der Waals surface area contributed by atoms with Crippen LogP contribution in [0.15, 0.2) is 23.3 Å². The van der Waals surface area contributed by atoms with Crippen molar-refractivity contribution in [3.05, 3.63) is 33.8 Å². The Labute approximate surface area is 150 Å². The molecule has 1 N–H and O–H groups in total. The summed E-state index contributed by atoms with van der Waals surface area (Å²) >= 11 is 12.6. The van der Waals surface area contributed by atoms with Gasteiger partial charge in [0, 0.05) is 5.02 Å². The molecular formula is C15H18Cl2N2OSSe. The van der Waals surface area contributed by atoms with E-state index in [4.69, 9.17) is 23.2 Å². The third-order valence-electron chi connectivity index (χ3n) is 3.26. The Bertz CT molecular complexity index is 536. The van der Waals surface area contributed by atoms with Crippen molar-refractivity contribution in [1.82, 2.24) is 5.43 Å². The molecule has 1 heterocycles. The molecule has 1 amide bonds. The van der Waals surface area contributed by atoms with Gasteiger partial charge in [-0.25, -0.2) is 0 Å². The standard InChI is InChI=1S/C15H18Cl2N2OSSe/c16-12-6-5-11(14(17)9-12)10-18-19-15(20)4-2-1-3-13-7-8-21-22-13/h5-6,9-10,13H,1-4,7-8H2,(H,19,20)/b18-10+. The molecule has 120 valence electrons. The van der Waals surface area contributed by atoms with Crippen LogP contribution in [0.2, 0.25) is 14.9 Å². The number of hydrazone groups is 1. The number of halogens is 2. The predicted octanol–water partition coefficient (Wildman–Crippen LogP) is 4.55. The van der Waals surface area contributed by atoms with Crippen molar-refractivity contribution in [2.45, 2.75) is 36.9 Å². The van der Waals surface area contributed by atoms with Crippen molar-refractivity contribution >= 4 is 59.3 Å². The number of carbonyl (C=O) groups excluding carboxylic acids is 1. The first-order valence-electron chi connectivity index (χ1n) is 7.20. The van der Waals surface area contributed by atoms with Crippen molar-refractivity contribution in [2.75, 3.05) is 5.75 Å². The predicted molar refractivity (Wildman–Crippen MR) is 97.2 cm³/mol. The van der Waals surface area contributed by atoms with Crippen LogP contribution in [0.25, 0.3) is 0 Å². The molecule has 0 aromatic heterocycles. The Morgan fingerprint density at radius 1 is 1.45 bits per heavy atom. The molecule has 0 radical (unpaired) electrons. The van der Waals surface area contributed by atoms with Crippen molar-refractivity contribution in [2.24, 2.45) is 5.10 Å². The fourth-order valence-electron chi connectivity index (χ4n) is 2.06. The Morgan fingerprint density at radius 2 is 2.32 bits per heavy atom. The first kappa shape index (κ1) is 18.2. The molecule has 1 aromatic rings. The molecule has 0 aliphatic carbocycles. The zero-order valence-electron chi connectivity index (χ0n) is 12.1. The van der Waals surface area contributed by atoms with E-state index in [-0.39, 0.29) is 5.91 Å². The second-order valence-corrected chi connectivity index (χ2v) is 10.8. The van der Waals surface area contributed by atoms with Crippen LogP contribution < -0.4 is 5.43 Å². The molecule has 1 aliphatic rings. The van der Waals surface area contributed by atoms with E-state index in [1.165, 1.54) is 24.8 Å². The van der Waals surface area contributed by atoms with Gasteiger partial charge in [0.25, 0.3) is 0 Å². The van der Waals surface area contributed by atoms with Gasteiger partial charge < -0.3 is 0 Å². The third-order valence-corrected chi connectivity index (χ3v) is 9.24. The van der Waals surface area contributed by atoms with Crippen molar-refractivity contribution in [3.8, 4) is 0 Å². The zero-order valence-corrected chi connectivity index (χ0v) is 16.1. The first-order valence-corrected chi connectivity index (χ1v) is 12.0. The number of unbranched alkanes of at least 4 members (excludes halogenated alkanes) is 1. The van der Waals surface area contributed by atoms with E-state index in [0.717, 1.165) is 37.1 Å². The molecule has 3 nitrogen and oxygen atoms in total. The average molecular weight is 424 g/mol. The van der Waals surface area contributed by atoms with E-state index in [1.54, 1.807) is 18.2 Å². The zero-order chi connectivity index (χ0) is 15.8. The summed E-state index contributed by atoms with van der Waals surface area (Å²) in [6, 6.07) is 5.15. The molecule has 1 unspecified atom stereocenters. The van der Waals surface area contributed by atoms with Crippen LogP contribution in [0, 0.1) is 0 Å².